The Hall–Kier alpha value is -1.62. The second-order valence-electron chi connectivity index (χ2n) is 5.15. The molecule has 2 heterocycles. The number of amides is 1. The number of nitrogens with one attached hydrogen (secondary N) is 1. The molecule has 1 saturated heterocycles. The monoisotopic (exact) mass is 335 g/mol. The van der Waals surface area contributed by atoms with Crippen molar-refractivity contribution in [3.05, 3.63) is 63.9 Å². The van der Waals surface area contributed by atoms with Gasteiger partial charge in [-0.15, -0.1) is 0 Å². The Bertz CT molecular complexity index is 678. The summed E-state index contributed by atoms with van der Waals surface area (Å²) in [6.07, 6.45) is 1.44. The van der Waals surface area contributed by atoms with Crippen LogP contribution in [0.1, 0.15) is 22.1 Å². The number of hydrogen-bond acceptors (Lipinski definition) is 3. The van der Waals surface area contributed by atoms with Crippen LogP contribution in [0.4, 0.5) is 0 Å². The Morgan fingerprint density at radius 2 is 2.05 bits per heavy atom. The summed E-state index contributed by atoms with van der Waals surface area (Å²) in [4.78, 5) is 18.5. The van der Waals surface area contributed by atoms with Gasteiger partial charge >= 0.3 is 0 Å². The first-order valence-electron chi connectivity index (χ1n) is 7.04. The third-order valence-corrected chi connectivity index (χ3v) is 4.17. The predicted molar refractivity (Wildman–Crippen MR) is 87.3 cm³/mol. The molecule has 1 unspecified atom stereocenters. The van der Waals surface area contributed by atoms with Crippen LogP contribution < -0.4 is 5.32 Å². The number of nitrogens with zero attached hydrogens (tertiary/aromatic N) is 2. The van der Waals surface area contributed by atoms with E-state index in [9.17, 15) is 4.79 Å². The van der Waals surface area contributed by atoms with Crippen LogP contribution in [-0.2, 0) is 0 Å². The predicted octanol–water partition coefficient (Wildman–Crippen LogP) is 3.18. The molecular formula is C16H15Cl2N3O. The third kappa shape index (κ3) is 3.24. The highest BCUT2D eigenvalue weighted by Crippen LogP contribution is 2.22. The number of aromatic nitrogens is 1. The number of carbonyl (C=O) groups is 1. The lowest BCUT2D eigenvalue weighted by molar-refractivity contribution is 0.0697. The molecule has 1 N–H and O–H groups in total. The lowest BCUT2D eigenvalue weighted by Gasteiger charge is -2.34. The maximum atomic E-state index is 12.6. The minimum atomic E-state index is -0.163. The van der Waals surface area contributed by atoms with Gasteiger partial charge in [0.2, 0.25) is 0 Å². The summed E-state index contributed by atoms with van der Waals surface area (Å²) in [5, 5.41) is 4.13. The number of halogens is 2. The lowest BCUT2D eigenvalue weighted by atomic mass is 10.0. The molecule has 22 heavy (non-hydrogen) atoms. The fourth-order valence-electron chi connectivity index (χ4n) is 2.56. The highest BCUT2D eigenvalue weighted by molar-refractivity contribution is 6.36. The van der Waals surface area contributed by atoms with Gasteiger partial charge in [0.25, 0.3) is 5.91 Å². The van der Waals surface area contributed by atoms with E-state index in [1.807, 2.05) is 18.2 Å². The number of piperazine rings is 1. The summed E-state index contributed by atoms with van der Waals surface area (Å²) in [7, 11) is 0. The standard InChI is InChI=1S/C16H15Cl2N3O/c17-12-8-13(18)15(20-9-12)16(22)21-7-6-19-14(10-21)11-4-2-1-3-5-11/h1-5,8-9,14,19H,6-7,10H2. The van der Waals surface area contributed by atoms with Crippen molar-refractivity contribution in [1.29, 1.82) is 0 Å². The van der Waals surface area contributed by atoms with E-state index in [1.165, 1.54) is 6.20 Å². The second kappa shape index (κ2) is 6.65. The van der Waals surface area contributed by atoms with E-state index >= 15 is 0 Å². The molecule has 6 heteroatoms. The highest BCUT2D eigenvalue weighted by atomic mass is 35.5. The molecule has 1 amide bonds. The summed E-state index contributed by atoms with van der Waals surface area (Å²) in [5.74, 6) is -0.163. The van der Waals surface area contributed by atoms with Crippen molar-refractivity contribution >= 4 is 29.1 Å². The van der Waals surface area contributed by atoms with Crippen LogP contribution >= 0.6 is 23.2 Å². The Kier molecular flexibility index (Phi) is 4.62. The van der Waals surface area contributed by atoms with Gasteiger partial charge in [0.1, 0.15) is 5.69 Å². The highest BCUT2D eigenvalue weighted by Gasteiger charge is 2.26. The fourth-order valence-corrected chi connectivity index (χ4v) is 3.03. The second-order valence-corrected chi connectivity index (χ2v) is 6.00. The van der Waals surface area contributed by atoms with Gasteiger partial charge in [-0.1, -0.05) is 53.5 Å². The maximum absolute atomic E-state index is 12.6. The van der Waals surface area contributed by atoms with Gasteiger partial charge in [0.05, 0.1) is 10.0 Å². The van der Waals surface area contributed by atoms with E-state index in [0.29, 0.717) is 18.1 Å². The smallest absolute Gasteiger partial charge is 0.274 e. The number of benzene rings is 1. The molecule has 1 aromatic heterocycles. The van der Waals surface area contributed by atoms with Crippen molar-refractivity contribution in [2.24, 2.45) is 0 Å². The van der Waals surface area contributed by atoms with Gasteiger partial charge in [-0.25, -0.2) is 4.98 Å². The van der Waals surface area contributed by atoms with Gasteiger partial charge in [0, 0.05) is 31.9 Å². The third-order valence-electron chi connectivity index (χ3n) is 3.67. The zero-order valence-electron chi connectivity index (χ0n) is 11.8. The van der Waals surface area contributed by atoms with Crippen LogP contribution in [0.15, 0.2) is 42.6 Å². The molecule has 0 spiro atoms. The van der Waals surface area contributed by atoms with Gasteiger partial charge in [0.15, 0.2) is 0 Å². The molecule has 0 aliphatic carbocycles. The first kappa shape index (κ1) is 15.3. The van der Waals surface area contributed by atoms with Crippen LogP contribution in [0, 0.1) is 0 Å². The molecule has 4 nitrogen and oxygen atoms in total. The molecule has 1 aliphatic heterocycles. The summed E-state index contributed by atoms with van der Waals surface area (Å²) < 4.78 is 0. The van der Waals surface area contributed by atoms with Crippen LogP contribution in [0.2, 0.25) is 10.0 Å². The van der Waals surface area contributed by atoms with Crippen LogP contribution in [0.25, 0.3) is 0 Å². The minimum absolute atomic E-state index is 0.116. The van der Waals surface area contributed by atoms with Crippen LogP contribution in [0.5, 0.6) is 0 Å². The first-order valence-corrected chi connectivity index (χ1v) is 7.79. The molecule has 1 aromatic carbocycles. The summed E-state index contributed by atoms with van der Waals surface area (Å²) in [6.45, 7) is 1.95. The molecule has 114 valence electrons. The minimum Gasteiger partial charge on any atom is -0.334 e. The zero-order valence-corrected chi connectivity index (χ0v) is 13.3. The van der Waals surface area contributed by atoms with Crippen molar-refractivity contribution in [2.45, 2.75) is 6.04 Å². The normalized spacial score (nSPS) is 18.3. The Morgan fingerprint density at radius 3 is 2.77 bits per heavy atom. The quantitative estimate of drug-likeness (QED) is 0.916. The number of hydrogen-bond donors (Lipinski definition) is 1. The van der Waals surface area contributed by atoms with E-state index < -0.39 is 0 Å². The summed E-state index contributed by atoms with van der Waals surface area (Å²) in [6, 6.07) is 11.7. The Morgan fingerprint density at radius 1 is 1.27 bits per heavy atom. The van der Waals surface area contributed by atoms with Crippen LogP contribution in [0.3, 0.4) is 0 Å². The topological polar surface area (TPSA) is 45.2 Å². The number of carbonyl (C=O) groups excluding carboxylic acids is 1. The molecule has 0 radical (unpaired) electrons. The fraction of sp³-hybridized carbons (Fsp3) is 0.250. The Balaban J connectivity index is 1.78. The van der Waals surface area contributed by atoms with E-state index in [4.69, 9.17) is 23.2 Å². The van der Waals surface area contributed by atoms with Gasteiger partial charge in [-0.3, -0.25) is 4.79 Å². The molecule has 1 atom stereocenters. The molecular weight excluding hydrogens is 321 g/mol. The van der Waals surface area contributed by atoms with Crippen molar-refractivity contribution in [3.63, 3.8) is 0 Å². The number of pyridine rings is 1. The van der Waals surface area contributed by atoms with E-state index in [2.05, 4.69) is 22.4 Å². The van der Waals surface area contributed by atoms with Gasteiger partial charge in [-0.2, -0.15) is 0 Å². The van der Waals surface area contributed by atoms with E-state index in [0.717, 1.165) is 12.1 Å². The molecule has 2 aromatic rings. The van der Waals surface area contributed by atoms with Crippen molar-refractivity contribution in [1.82, 2.24) is 15.2 Å². The van der Waals surface area contributed by atoms with Crippen molar-refractivity contribution < 1.29 is 4.79 Å². The zero-order chi connectivity index (χ0) is 15.5. The lowest BCUT2D eigenvalue weighted by Crippen LogP contribution is -2.48. The molecule has 1 aliphatic rings. The molecule has 0 saturated carbocycles. The van der Waals surface area contributed by atoms with Crippen LogP contribution in [-0.4, -0.2) is 35.4 Å². The SMILES string of the molecule is O=C(c1ncc(Cl)cc1Cl)N1CCNC(c2ccccc2)C1. The molecule has 0 bridgehead atoms. The largest absolute Gasteiger partial charge is 0.334 e. The van der Waals surface area contributed by atoms with Gasteiger partial charge < -0.3 is 10.2 Å². The average molecular weight is 336 g/mol. The molecule has 1 fully saturated rings. The van der Waals surface area contributed by atoms with E-state index in [1.54, 1.807) is 11.0 Å². The van der Waals surface area contributed by atoms with Gasteiger partial charge in [-0.05, 0) is 11.6 Å². The average Bonchev–Trinajstić information content (AvgIpc) is 2.55. The summed E-state index contributed by atoms with van der Waals surface area (Å²) >= 11 is 11.9. The first-order chi connectivity index (χ1) is 10.6. The molecule has 3 rings (SSSR count). The number of rotatable bonds is 2. The van der Waals surface area contributed by atoms with E-state index in [-0.39, 0.29) is 22.7 Å². The van der Waals surface area contributed by atoms with Crippen molar-refractivity contribution in [2.75, 3.05) is 19.6 Å². The Labute approximate surface area is 139 Å². The van der Waals surface area contributed by atoms with Crippen molar-refractivity contribution in [3.8, 4) is 0 Å². The maximum Gasteiger partial charge on any atom is 0.274 e. The summed E-state index contributed by atoms with van der Waals surface area (Å²) in [5.41, 5.74) is 1.41.